The van der Waals surface area contributed by atoms with Crippen molar-refractivity contribution < 1.29 is 9.53 Å². The second-order valence-electron chi connectivity index (χ2n) is 7.59. The molecule has 0 radical (unpaired) electrons. The molecule has 0 bridgehead atoms. The van der Waals surface area contributed by atoms with Gasteiger partial charge in [0.1, 0.15) is 5.75 Å². The van der Waals surface area contributed by atoms with Crippen molar-refractivity contribution >= 4 is 11.6 Å². The van der Waals surface area contributed by atoms with Gasteiger partial charge in [-0.2, -0.15) is 0 Å². The van der Waals surface area contributed by atoms with Crippen molar-refractivity contribution in [1.29, 1.82) is 0 Å². The van der Waals surface area contributed by atoms with E-state index < -0.39 is 6.10 Å². The van der Waals surface area contributed by atoms with Crippen LogP contribution in [0.3, 0.4) is 0 Å². The van der Waals surface area contributed by atoms with Crippen LogP contribution in [0.25, 0.3) is 0 Å². The van der Waals surface area contributed by atoms with Crippen LogP contribution in [0.2, 0.25) is 0 Å². The number of carbonyl (C=O) groups is 1. The minimum Gasteiger partial charge on any atom is -0.481 e. The highest BCUT2D eigenvalue weighted by Gasteiger charge is 2.19. The fraction of sp³-hybridized carbons (Fsp3) is 0.435. The van der Waals surface area contributed by atoms with E-state index in [-0.39, 0.29) is 11.9 Å². The SMILES string of the molecule is C[C@@H]1CCCN(c2ccc([C@@H](C)NC(=O)[C@H](C)Oc3ccccc3)cc2)C1. The number of hydrogen-bond acceptors (Lipinski definition) is 3. The minimum atomic E-state index is -0.538. The molecule has 0 saturated carbocycles. The fourth-order valence-corrected chi connectivity index (χ4v) is 3.57. The predicted molar refractivity (Wildman–Crippen MR) is 110 cm³/mol. The molecule has 144 valence electrons. The van der Waals surface area contributed by atoms with Crippen molar-refractivity contribution in [3.8, 4) is 5.75 Å². The molecular formula is C23H30N2O2. The first-order chi connectivity index (χ1) is 13.0. The van der Waals surface area contributed by atoms with Crippen molar-refractivity contribution in [1.82, 2.24) is 5.32 Å². The van der Waals surface area contributed by atoms with Crippen molar-refractivity contribution in [3.63, 3.8) is 0 Å². The number of rotatable bonds is 6. The molecule has 27 heavy (non-hydrogen) atoms. The summed E-state index contributed by atoms with van der Waals surface area (Å²) in [6.07, 6.45) is 2.04. The van der Waals surface area contributed by atoms with Crippen LogP contribution < -0.4 is 15.0 Å². The van der Waals surface area contributed by atoms with E-state index in [1.54, 1.807) is 6.92 Å². The van der Waals surface area contributed by atoms with E-state index >= 15 is 0 Å². The van der Waals surface area contributed by atoms with Crippen molar-refractivity contribution in [2.45, 2.75) is 45.8 Å². The minimum absolute atomic E-state index is 0.0614. The van der Waals surface area contributed by atoms with Crippen LogP contribution in [0.5, 0.6) is 5.75 Å². The molecule has 0 aromatic heterocycles. The van der Waals surface area contributed by atoms with Crippen LogP contribution in [0.15, 0.2) is 54.6 Å². The summed E-state index contributed by atoms with van der Waals surface area (Å²) in [4.78, 5) is 14.9. The third-order valence-corrected chi connectivity index (χ3v) is 5.20. The molecule has 1 N–H and O–H groups in total. The number of benzene rings is 2. The van der Waals surface area contributed by atoms with E-state index in [2.05, 4.69) is 41.4 Å². The Labute approximate surface area is 162 Å². The summed E-state index contributed by atoms with van der Waals surface area (Å²) in [5.74, 6) is 1.34. The van der Waals surface area contributed by atoms with Crippen LogP contribution in [-0.2, 0) is 4.79 Å². The standard InChI is InChI=1S/C23H30N2O2/c1-17-8-7-15-25(16-17)21-13-11-20(12-14-21)18(2)24-23(26)19(3)27-22-9-5-4-6-10-22/h4-6,9-14,17-19H,7-8,15-16H2,1-3H3,(H,24,26)/t17-,18-,19+/m1/s1. The van der Waals surface area contributed by atoms with E-state index in [1.165, 1.54) is 18.5 Å². The molecule has 1 heterocycles. The maximum absolute atomic E-state index is 12.4. The molecule has 0 spiro atoms. The highest BCUT2D eigenvalue weighted by Crippen LogP contribution is 2.24. The summed E-state index contributed by atoms with van der Waals surface area (Å²) >= 11 is 0. The zero-order valence-corrected chi connectivity index (χ0v) is 16.5. The van der Waals surface area contributed by atoms with Crippen LogP contribution in [0, 0.1) is 5.92 Å². The fourth-order valence-electron chi connectivity index (χ4n) is 3.57. The van der Waals surface area contributed by atoms with E-state index in [4.69, 9.17) is 4.74 Å². The lowest BCUT2D eigenvalue weighted by atomic mass is 9.99. The summed E-state index contributed by atoms with van der Waals surface area (Å²) in [5.41, 5.74) is 2.37. The second kappa shape index (κ2) is 8.94. The van der Waals surface area contributed by atoms with E-state index in [0.717, 1.165) is 24.6 Å². The lowest BCUT2D eigenvalue weighted by molar-refractivity contribution is -0.127. The highest BCUT2D eigenvalue weighted by atomic mass is 16.5. The summed E-state index contributed by atoms with van der Waals surface area (Å²) < 4.78 is 5.70. The molecule has 3 rings (SSSR count). The Bertz CT molecular complexity index is 730. The smallest absolute Gasteiger partial charge is 0.261 e. The number of nitrogens with zero attached hydrogens (tertiary/aromatic N) is 1. The lowest BCUT2D eigenvalue weighted by Crippen LogP contribution is -2.37. The number of carbonyl (C=O) groups excluding carboxylic acids is 1. The van der Waals surface area contributed by atoms with Gasteiger partial charge in [0.05, 0.1) is 6.04 Å². The molecule has 2 aromatic carbocycles. The van der Waals surface area contributed by atoms with Gasteiger partial charge in [-0.05, 0) is 62.4 Å². The molecule has 4 heteroatoms. The van der Waals surface area contributed by atoms with E-state index in [0.29, 0.717) is 5.75 Å². The Morgan fingerprint density at radius 1 is 1.11 bits per heavy atom. The molecule has 0 unspecified atom stereocenters. The van der Waals surface area contributed by atoms with Gasteiger partial charge in [-0.3, -0.25) is 4.79 Å². The maximum atomic E-state index is 12.4. The van der Waals surface area contributed by atoms with Crippen molar-refractivity contribution in [3.05, 3.63) is 60.2 Å². The average molecular weight is 367 g/mol. The molecule has 1 saturated heterocycles. The quantitative estimate of drug-likeness (QED) is 0.814. The first-order valence-electron chi connectivity index (χ1n) is 9.90. The Balaban J connectivity index is 1.55. The van der Waals surface area contributed by atoms with Gasteiger partial charge in [0, 0.05) is 18.8 Å². The third kappa shape index (κ3) is 5.25. The number of amides is 1. The van der Waals surface area contributed by atoms with Crippen LogP contribution in [0.4, 0.5) is 5.69 Å². The number of anilines is 1. The number of para-hydroxylation sites is 1. The third-order valence-electron chi connectivity index (χ3n) is 5.20. The van der Waals surface area contributed by atoms with Crippen LogP contribution in [-0.4, -0.2) is 25.1 Å². The average Bonchev–Trinajstić information content (AvgIpc) is 2.69. The van der Waals surface area contributed by atoms with Gasteiger partial charge in [-0.15, -0.1) is 0 Å². The zero-order chi connectivity index (χ0) is 19.2. The summed E-state index contributed by atoms with van der Waals surface area (Å²) in [6.45, 7) is 8.35. The van der Waals surface area contributed by atoms with Gasteiger partial charge in [0.25, 0.3) is 5.91 Å². The molecule has 0 aliphatic carbocycles. The first kappa shape index (κ1) is 19.3. The van der Waals surface area contributed by atoms with Crippen molar-refractivity contribution in [2.75, 3.05) is 18.0 Å². The Hall–Kier alpha value is -2.49. The Kier molecular flexibility index (Phi) is 6.38. The Morgan fingerprint density at radius 3 is 2.48 bits per heavy atom. The number of nitrogens with one attached hydrogen (secondary N) is 1. The summed E-state index contributed by atoms with van der Waals surface area (Å²) in [7, 11) is 0. The molecular weight excluding hydrogens is 336 g/mol. The lowest BCUT2D eigenvalue weighted by Gasteiger charge is -2.33. The first-order valence-corrected chi connectivity index (χ1v) is 9.90. The van der Waals surface area contributed by atoms with Gasteiger partial charge in [0.15, 0.2) is 6.10 Å². The summed E-state index contributed by atoms with van der Waals surface area (Å²) in [6, 6.07) is 17.9. The van der Waals surface area contributed by atoms with E-state index in [9.17, 15) is 4.79 Å². The van der Waals surface area contributed by atoms with Crippen molar-refractivity contribution in [2.24, 2.45) is 5.92 Å². The molecule has 4 nitrogen and oxygen atoms in total. The number of piperidine rings is 1. The number of ether oxygens (including phenoxy) is 1. The van der Waals surface area contributed by atoms with Crippen LogP contribution in [0.1, 0.15) is 45.2 Å². The summed E-state index contributed by atoms with van der Waals surface area (Å²) in [5, 5.41) is 3.04. The van der Waals surface area contributed by atoms with Gasteiger partial charge < -0.3 is 15.0 Å². The molecule has 3 atom stereocenters. The topological polar surface area (TPSA) is 41.6 Å². The molecule has 1 aliphatic heterocycles. The molecule has 1 aliphatic rings. The largest absolute Gasteiger partial charge is 0.481 e. The second-order valence-corrected chi connectivity index (χ2v) is 7.59. The maximum Gasteiger partial charge on any atom is 0.261 e. The zero-order valence-electron chi connectivity index (χ0n) is 16.5. The normalized spacial score (nSPS) is 19.2. The van der Waals surface area contributed by atoms with Gasteiger partial charge >= 0.3 is 0 Å². The highest BCUT2D eigenvalue weighted by molar-refractivity contribution is 5.81. The van der Waals surface area contributed by atoms with Gasteiger partial charge in [-0.25, -0.2) is 0 Å². The van der Waals surface area contributed by atoms with Gasteiger partial charge in [0.2, 0.25) is 0 Å². The molecule has 2 aromatic rings. The monoisotopic (exact) mass is 366 g/mol. The molecule has 1 fully saturated rings. The number of hydrogen-bond donors (Lipinski definition) is 1. The van der Waals surface area contributed by atoms with E-state index in [1.807, 2.05) is 37.3 Å². The predicted octanol–water partition coefficient (Wildman–Crippen LogP) is 4.57. The van der Waals surface area contributed by atoms with Gasteiger partial charge in [-0.1, -0.05) is 37.3 Å². The molecule has 1 amide bonds. The Morgan fingerprint density at radius 2 is 1.81 bits per heavy atom. The van der Waals surface area contributed by atoms with Crippen LogP contribution >= 0.6 is 0 Å².